The molecule has 4 heteroatoms. The molecule has 14 heavy (non-hydrogen) atoms. The minimum atomic E-state index is -2.31. The molecule has 0 aliphatic carbocycles. The van der Waals surface area contributed by atoms with Gasteiger partial charge in [0, 0.05) is 4.90 Å². The smallest absolute Gasteiger partial charge is 0.210 e. The SMILES string of the molecule is N#CCc1ccccc1SCC(F)F. The van der Waals surface area contributed by atoms with Gasteiger partial charge in [0.1, 0.15) is 0 Å². The number of nitriles is 1. The summed E-state index contributed by atoms with van der Waals surface area (Å²) in [6, 6.07) is 9.15. The van der Waals surface area contributed by atoms with Crippen molar-refractivity contribution in [3.63, 3.8) is 0 Å². The lowest BCUT2D eigenvalue weighted by Gasteiger charge is -2.05. The zero-order valence-electron chi connectivity index (χ0n) is 7.41. The lowest BCUT2D eigenvalue weighted by Crippen LogP contribution is -1.95. The van der Waals surface area contributed by atoms with Crippen molar-refractivity contribution in [2.75, 3.05) is 5.75 Å². The van der Waals surface area contributed by atoms with E-state index in [0.717, 1.165) is 22.2 Å². The highest BCUT2D eigenvalue weighted by atomic mass is 32.2. The zero-order chi connectivity index (χ0) is 10.4. The molecule has 0 amide bonds. The van der Waals surface area contributed by atoms with Gasteiger partial charge in [-0.3, -0.25) is 0 Å². The largest absolute Gasteiger partial charge is 0.247 e. The van der Waals surface area contributed by atoms with Gasteiger partial charge in [0.2, 0.25) is 6.43 Å². The van der Waals surface area contributed by atoms with Crippen LogP contribution in [0.5, 0.6) is 0 Å². The van der Waals surface area contributed by atoms with Gasteiger partial charge in [-0.1, -0.05) is 18.2 Å². The maximum Gasteiger partial charge on any atom is 0.247 e. The first-order valence-electron chi connectivity index (χ1n) is 4.10. The van der Waals surface area contributed by atoms with Crippen LogP contribution in [0, 0.1) is 11.3 Å². The number of alkyl halides is 2. The molecule has 1 aromatic carbocycles. The number of rotatable bonds is 4. The van der Waals surface area contributed by atoms with E-state index in [1.807, 2.05) is 6.07 Å². The van der Waals surface area contributed by atoms with Crippen LogP contribution in [0.15, 0.2) is 29.2 Å². The monoisotopic (exact) mass is 213 g/mol. The van der Waals surface area contributed by atoms with Crippen molar-refractivity contribution in [2.45, 2.75) is 17.7 Å². The molecule has 0 aliphatic rings. The molecule has 0 spiro atoms. The maximum atomic E-state index is 12.0. The van der Waals surface area contributed by atoms with E-state index in [2.05, 4.69) is 0 Å². The van der Waals surface area contributed by atoms with E-state index in [9.17, 15) is 8.78 Å². The van der Waals surface area contributed by atoms with Gasteiger partial charge < -0.3 is 0 Å². The van der Waals surface area contributed by atoms with Crippen LogP contribution < -0.4 is 0 Å². The Bertz CT molecular complexity index is 333. The molecule has 0 unspecified atom stereocenters. The van der Waals surface area contributed by atoms with E-state index >= 15 is 0 Å². The number of hydrogen-bond acceptors (Lipinski definition) is 2. The molecule has 0 fully saturated rings. The van der Waals surface area contributed by atoms with Gasteiger partial charge in [0.15, 0.2) is 0 Å². The van der Waals surface area contributed by atoms with Gasteiger partial charge in [0.05, 0.1) is 18.2 Å². The molecule has 0 N–H and O–H groups in total. The predicted molar refractivity (Wildman–Crippen MR) is 52.5 cm³/mol. The van der Waals surface area contributed by atoms with E-state index in [1.165, 1.54) is 0 Å². The molecule has 0 atom stereocenters. The van der Waals surface area contributed by atoms with Crippen LogP contribution in [0.4, 0.5) is 8.78 Å². The summed E-state index contributed by atoms with van der Waals surface area (Å²) >= 11 is 1.09. The summed E-state index contributed by atoms with van der Waals surface area (Å²) < 4.78 is 23.9. The molecule has 0 aliphatic heterocycles. The van der Waals surface area contributed by atoms with Crippen LogP contribution in [-0.2, 0) is 6.42 Å². The van der Waals surface area contributed by atoms with Crippen molar-refractivity contribution in [1.29, 1.82) is 5.26 Å². The fourth-order valence-electron chi connectivity index (χ4n) is 1.03. The fraction of sp³-hybridized carbons (Fsp3) is 0.300. The molecule has 0 radical (unpaired) electrons. The molecule has 1 rings (SSSR count). The summed E-state index contributed by atoms with van der Waals surface area (Å²) in [5, 5.41) is 8.51. The average Bonchev–Trinajstić information content (AvgIpc) is 2.17. The summed E-state index contributed by atoms with van der Waals surface area (Å²) in [5.74, 6) is -0.220. The topological polar surface area (TPSA) is 23.8 Å². The maximum absolute atomic E-state index is 12.0. The summed E-state index contributed by atoms with van der Waals surface area (Å²) in [5.41, 5.74) is 0.820. The van der Waals surface area contributed by atoms with Crippen molar-refractivity contribution >= 4 is 11.8 Å². The van der Waals surface area contributed by atoms with E-state index in [1.54, 1.807) is 24.3 Å². The molecule has 0 bridgehead atoms. The summed E-state index contributed by atoms with van der Waals surface area (Å²) in [6.45, 7) is 0. The number of hydrogen-bond donors (Lipinski definition) is 0. The van der Waals surface area contributed by atoms with Crippen molar-refractivity contribution < 1.29 is 8.78 Å². The lowest BCUT2D eigenvalue weighted by molar-refractivity contribution is 0.177. The Morgan fingerprint density at radius 3 is 2.71 bits per heavy atom. The van der Waals surface area contributed by atoms with E-state index in [4.69, 9.17) is 5.26 Å². The Balaban J connectivity index is 2.70. The quantitative estimate of drug-likeness (QED) is 0.717. The minimum Gasteiger partial charge on any atom is -0.210 e. The Labute approximate surface area is 85.7 Å². The normalized spacial score (nSPS) is 10.1. The van der Waals surface area contributed by atoms with Crippen molar-refractivity contribution in [3.8, 4) is 6.07 Å². The second-order valence-corrected chi connectivity index (χ2v) is 3.71. The van der Waals surface area contributed by atoms with Crippen LogP contribution in [-0.4, -0.2) is 12.2 Å². The van der Waals surface area contributed by atoms with Gasteiger partial charge in [-0.25, -0.2) is 8.78 Å². The second-order valence-electron chi connectivity index (χ2n) is 2.64. The van der Waals surface area contributed by atoms with Gasteiger partial charge in [-0.15, -0.1) is 11.8 Å². The Kier molecular flexibility index (Phi) is 4.41. The van der Waals surface area contributed by atoms with Crippen LogP contribution in [0.3, 0.4) is 0 Å². The molecule has 0 saturated carbocycles. The first-order valence-corrected chi connectivity index (χ1v) is 5.08. The highest BCUT2D eigenvalue weighted by Gasteiger charge is 2.06. The molecule has 0 heterocycles. The summed E-state index contributed by atoms with van der Waals surface area (Å²) in [7, 11) is 0. The van der Waals surface area contributed by atoms with Crippen LogP contribution in [0.1, 0.15) is 5.56 Å². The van der Waals surface area contributed by atoms with Gasteiger partial charge >= 0.3 is 0 Å². The van der Waals surface area contributed by atoms with E-state index < -0.39 is 6.43 Å². The van der Waals surface area contributed by atoms with Crippen molar-refractivity contribution in [3.05, 3.63) is 29.8 Å². The first kappa shape index (κ1) is 11.0. The fourth-order valence-corrected chi connectivity index (χ4v) is 1.83. The Morgan fingerprint density at radius 2 is 2.07 bits per heavy atom. The number of thioether (sulfide) groups is 1. The summed E-state index contributed by atoms with van der Waals surface area (Å²) in [4.78, 5) is 0.773. The number of halogens is 2. The second kappa shape index (κ2) is 5.61. The van der Waals surface area contributed by atoms with E-state index in [-0.39, 0.29) is 12.2 Å². The lowest BCUT2D eigenvalue weighted by atomic mass is 10.2. The number of nitrogens with zero attached hydrogens (tertiary/aromatic N) is 1. The molecule has 1 aromatic rings. The minimum absolute atomic E-state index is 0.220. The number of benzene rings is 1. The Morgan fingerprint density at radius 1 is 1.36 bits per heavy atom. The van der Waals surface area contributed by atoms with Crippen LogP contribution in [0.2, 0.25) is 0 Å². The third-order valence-corrected chi connectivity index (χ3v) is 2.73. The molecule has 0 saturated heterocycles. The first-order chi connectivity index (χ1) is 6.74. The Hall–Kier alpha value is -1.08. The predicted octanol–water partition coefficient (Wildman–Crippen LogP) is 3.11. The molecule has 1 nitrogen and oxygen atoms in total. The average molecular weight is 213 g/mol. The van der Waals surface area contributed by atoms with Crippen molar-refractivity contribution in [2.24, 2.45) is 0 Å². The van der Waals surface area contributed by atoms with Gasteiger partial charge in [0.25, 0.3) is 0 Å². The third kappa shape index (κ3) is 3.35. The molecular weight excluding hydrogens is 204 g/mol. The zero-order valence-corrected chi connectivity index (χ0v) is 8.23. The molecule has 74 valence electrons. The third-order valence-electron chi connectivity index (χ3n) is 1.61. The highest BCUT2D eigenvalue weighted by Crippen LogP contribution is 2.24. The van der Waals surface area contributed by atoms with E-state index in [0.29, 0.717) is 0 Å². The van der Waals surface area contributed by atoms with Crippen LogP contribution >= 0.6 is 11.8 Å². The van der Waals surface area contributed by atoms with Gasteiger partial charge in [-0.05, 0) is 11.6 Å². The van der Waals surface area contributed by atoms with Crippen LogP contribution in [0.25, 0.3) is 0 Å². The highest BCUT2D eigenvalue weighted by molar-refractivity contribution is 7.99. The summed E-state index contributed by atoms with van der Waals surface area (Å²) in [6.07, 6.45) is -2.04. The standard InChI is InChI=1S/C10H9F2NS/c11-10(12)7-14-9-4-2-1-3-8(9)5-6-13/h1-4,10H,5,7H2. The van der Waals surface area contributed by atoms with Gasteiger partial charge in [-0.2, -0.15) is 5.26 Å². The molecule has 0 aromatic heterocycles. The van der Waals surface area contributed by atoms with Crippen molar-refractivity contribution in [1.82, 2.24) is 0 Å². The molecular formula is C10H9F2NS.